The number of carboxylic acids is 3. The molecule has 15 heavy (non-hydrogen) atoms. The summed E-state index contributed by atoms with van der Waals surface area (Å²) in [6.45, 7) is 0. The first kappa shape index (κ1) is 20.3. The minimum Gasteiger partial charge on any atom is -0.481 e. The van der Waals surface area contributed by atoms with E-state index in [9.17, 15) is 14.4 Å². The Kier molecular flexibility index (Phi) is 10.9. The van der Waals surface area contributed by atoms with Crippen LogP contribution in [0.15, 0.2) is 0 Å². The predicted molar refractivity (Wildman–Crippen MR) is 42.8 cm³/mol. The van der Waals surface area contributed by atoms with Gasteiger partial charge in [0.1, 0.15) is 0 Å². The van der Waals surface area contributed by atoms with Gasteiger partial charge in [-0.25, -0.2) is 4.79 Å². The van der Waals surface area contributed by atoms with E-state index in [2.05, 4.69) is 0 Å². The van der Waals surface area contributed by atoms with Crippen molar-refractivity contribution in [1.29, 1.82) is 0 Å². The van der Waals surface area contributed by atoms with Gasteiger partial charge in [-0.15, -0.1) is 0 Å². The molecule has 0 aliphatic rings. The number of aliphatic carboxylic acids is 3. The topological polar surface area (TPSA) is 132 Å². The Morgan fingerprint density at radius 1 is 0.933 bits per heavy atom. The summed E-state index contributed by atoms with van der Waals surface area (Å²) in [5.74, 6) is -5.02. The van der Waals surface area contributed by atoms with Gasteiger partial charge in [-0.1, -0.05) is 0 Å². The Hall–Kier alpha value is -0.124. The fourth-order valence-corrected chi connectivity index (χ4v) is 0.714. The van der Waals surface area contributed by atoms with Gasteiger partial charge in [0.05, 0.1) is 12.8 Å². The summed E-state index contributed by atoms with van der Waals surface area (Å²) in [5, 5.41) is 33.8. The number of carbonyl (C=O) groups is 3. The molecule has 2 radical (unpaired) electrons. The summed E-state index contributed by atoms with van der Waals surface area (Å²) in [5.41, 5.74) is -2.74. The summed E-state index contributed by atoms with van der Waals surface area (Å²) in [6, 6.07) is 0. The second kappa shape index (κ2) is 8.08. The second-order valence-electron chi connectivity index (χ2n) is 2.48. The molecule has 0 aromatic rings. The Bertz CT molecular complexity index is 238. The maximum absolute atomic E-state index is 10.3. The van der Waals surface area contributed by atoms with Crippen LogP contribution in [0.4, 0.5) is 0 Å². The van der Waals surface area contributed by atoms with E-state index in [1.165, 1.54) is 0 Å². The Balaban J connectivity index is -0.000000720. The Morgan fingerprint density at radius 2 is 1.20 bits per heavy atom. The van der Waals surface area contributed by atoms with Crippen LogP contribution in [0.5, 0.6) is 0 Å². The summed E-state index contributed by atoms with van der Waals surface area (Å²) in [6.07, 6.45) is -2.29. The maximum atomic E-state index is 10.3. The molecule has 0 saturated heterocycles. The van der Waals surface area contributed by atoms with Crippen molar-refractivity contribution in [2.75, 3.05) is 0 Å². The molecule has 0 aliphatic carbocycles. The third-order valence-corrected chi connectivity index (χ3v) is 1.29. The van der Waals surface area contributed by atoms with Gasteiger partial charge in [0.2, 0.25) is 0 Å². The standard InChI is InChI=1S/C6H8O7.Bi.Zn/c7-3(8)1-6(13,5(11)12)2-4(9)10;;/h13H,1-2H2,(H,7,8)(H,9,10)(H,11,12);;/q;+3;+2. The molecule has 7 nitrogen and oxygen atoms in total. The molecular weight excluding hydrogens is 458 g/mol. The fourth-order valence-electron chi connectivity index (χ4n) is 0.714. The van der Waals surface area contributed by atoms with Crippen molar-refractivity contribution in [2.24, 2.45) is 0 Å². The molecule has 0 amide bonds. The van der Waals surface area contributed by atoms with E-state index in [0.717, 1.165) is 0 Å². The summed E-state index contributed by atoms with van der Waals surface area (Å²) in [7, 11) is 0. The molecule has 0 rings (SSSR count). The van der Waals surface area contributed by atoms with Crippen LogP contribution < -0.4 is 0 Å². The molecule has 0 spiro atoms. The van der Waals surface area contributed by atoms with Crippen molar-refractivity contribution in [3.8, 4) is 0 Å². The number of carboxylic acid groups (broad SMARTS) is 3. The number of rotatable bonds is 5. The molecule has 76 valence electrons. The molecule has 4 N–H and O–H groups in total. The Morgan fingerprint density at radius 3 is 1.33 bits per heavy atom. The predicted octanol–water partition coefficient (Wildman–Crippen LogP) is -1.63. The molecule has 0 aromatic heterocycles. The van der Waals surface area contributed by atoms with Crippen molar-refractivity contribution < 1.29 is 54.3 Å². The third kappa shape index (κ3) is 7.77. The summed E-state index contributed by atoms with van der Waals surface area (Å²) in [4.78, 5) is 30.5. The normalized spacial score (nSPS) is 9.40. The number of hydrogen-bond donors (Lipinski definition) is 4. The molecule has 0 aliphatic heterocycles. The van der Waals surface area contributed by atoms with Gasteiger partial charge in [-0.05, 0) is 0 Å². The summed E-state index contributed by atoms with van der Waals surface area (Å²) < 4.78 is 0. The van der Waals surface area contributed by atoms with E-state index in [-0.39, 0.29) is 45.7 Å². The molecule has 0 unspecified atom stereocenters. The van der Waals surface area contributed by atoms with Crippen LogP contribution in [0.2, 0.25) is 0 Å². The molecule has 9 heteroatoms. The van der Waals surface area contributed by atoms with Gasteiger partial charge in [-0.2, -0.15) is 0 Å². The van der Waals surface area contributed by atoms with E-state index < -0.39 is 36.4 Å². The summed E-state index contributed by atoms with van der Waals surface area (Å²) >= 11 is 0. The van der Waals surface area contributed by atoms with Gasteiger partial charge in [0.25, 0.3) is 0 Å². The molecular formula is C6H8BiO7Zn+5. The molecule has 0 saturated carbocycles. The molecule has 0 bridgehead atoms. The monoisotopic (exact) mass is 465 g/mol. The zero-order chi connectivity index (χ0) is 10.6. The van der Waals surface area contributed by atoms with Crippen molar-refractivity contribution in [2.45, 2.75) is 18.4 Å². The van der Waals surface area contributed by atoms with E-state index in [0.29, 0.717) is 0 Å². The average Bonchev–Trinajstić information content (AvgIpc) is 1.82. The van der Waals surface area contributed by atoms with E-state index in [1.54, 1.807) is 0 Å². The fraction of sp³-hybridized carbons (Fsp3) is 0.500. The number of aliphatic hydroxyl groups is 1. The van der Waals surface area contributed by atoms with E-state index in [1.807, 2.05) is 0 Å². The molecule has 0 heterocycles. The van der Waals surface area contributed by atoms with Crippen LogP contribution in [0, 0.1) is 0 Å². The van der Waals surface area contributed by atoms with Crippen LogP contribution in [0.1, 0.15) is 12.8 Å². The quantitative estimate of drug-likeness (QED) is 0.358. The van der Waals surface area contributed by atoms with Crippen molar-refractivity contribution in [3.05, 3.63) is 0 Å². The van der Waals surface area contributed by atoms with Crippen LogP contribution in [0.25, 0.3) is 0 Å². The Labute approximate surface area is 116 Å². The zero-order valence-electron chi connectivity index (χ0n) is 7.58. The van der Waals surface area contributed by atoms with Crippen molar-refractivity contribution in [1.82, 2.24) is 0 Å². The molecule has 0 atom stereocenters. The largest absolute Gasteiger partial charge is 3.00 e. The first-order valence-corrected chi connectivity index (χ1v) is 3.17. The number of hydrogen-bond acceptors (Lipinski definition) is 4. The van der Waals surface area contributed by atoms with Crippen LogP contribution in [-0.2, 0) is 33.9 Å². The third-order valence-electron chi connectivity index (χ3n) is 1.29. The van der Waals surface area contributed by atoms with Gasteiger partial charge in [-0.3, -0.25) is 9.59 Å². The zero-order valence-corrected chi connectivity index (χ0v) is 14.0. The van der Waals surface area contributed by atoms with Crippen molar-refractivity contribution >= 4 is 44.1 Å². The smallest absolute Gasteiger partial charge is 0.481 e. The average molecular weight is 466 g/mol. The molecule has 0 aromatic carbocycles. The first-order valence-electron chi connectivity index (χ1n) is 3.17. The maximum Gasteiger partial charge on any atom is 3.00 e. The van der Waals surface area contributed by atoms with E-state index in [4.69, 9.17) is 20.4 Å². The van der Waals surface area contributed by atoms with Crippen molar-refractivity contribution in [3.63, 3.8) is 0 Å². The second-order valence-corrected chi connectivity index (χ2v) is 2.48. The SMILES string of the molecule is O=C(O)CC(O)(CC(=O)O)C(=O)O.[Bi+3].[Zn+2]. The minimum atomic E-state index is -2.74. The van der Waals surface area contributed by atoms with Gasteiger partial charge in [0.15, 0.2) is 5.60 Å². The van der Waals surface area contributed by atoms with Gasteiger partial charge in [0, 0.05) is 0 Å². The van der Waals surface area contributed by atoms with Crippen LogP contribution in [0.3, 0.4) is 0 Å². The van der Waals surface area contributed by atoms with Crippen LogP contribution >= 0.6 is 0 Å². The van der Waals surface area contributed by atoms with Gasteiger partial charge >= 0.3 is 63.6 Å². The van der Waals surface area contributed by atoms with Crippen LogP contribution in [-0.4, -0.2) is 70.1 Å². The minimum absolute atomic E-state index is 0. The first-order chi connectivity index (χ1) is 5.78. The van der Waals surface area contributed by atoms with Gasteiger partial charge < -0.3 is 20.4 Å². The molecule has 0 fully saturated rings. The van der Waals surface area contributed by atoms with E-state index >= 15 is 0 Å².